The predicted octanol–water partition coefficient (Wildman–Crippen LogP) is 8.10. The SMILES string of the molecule is Cc1ccc(-c2c(Cl)cc(F)cc2Cl)c2c1C=CC(C)(C)O2.O=C(O)CNC(=O)c1c(Cl)cccc1Cl. The van der Waals surface area contributed by atoms with Crippen molar-refractivity contribution in [3.8, 4) is 16.9 Å². The van der Waals surface area contributed by atoms with Gasteiger partial charge in [-0.2, -0.15) is 0 Å². The highest BCUT2D eigenvalue weighted by Gasteiger charge is 2.27. The summed E-state index contributed by atoms with van der Waals surface area (Å²) in [4.78, 5) is 21.7. The van der Waals surface area contributed by atoms with Crippen molar-refractivity contribution < 1.29 is 23.8 Å². The number of ether oxygens (including phenoxy) is 1. The van der Waals surface area contributed by atoms with E-state index in [4.69, 9.17) is 56.2 Å². The van der Waals surface area contributed by atoms with Gasteiger partial charge in [0.1, 0.15) is 23.7 Å². The van der Waals surface area contributed by atoms with Gasteiger partial charge in [0.2, 0.25) is 0 Å². The maximum Gasteiger partial charge on any atom is 0.322 e. The van der Waals surface area contributed by atoms with E-state index in [1.807, 2.05) is 45.1 Å². The van der Waals surface area contributed by atoms with Gasteiger partial charge in [0.05, 0.1) is 25.7 Å². The first-order valence-corrected chi connectivity index (χ1v) is 12.4. The van der Waals surface area contributed by atoms with Crippen LogP contribution >= 0.6 is 46.4 Å². The molecule has 10 heteroatoms. The molecule has 4 rings (SSSR count). The highest BCUT2D eigenvalue weighted by Crippen LogP contribution is 2.45. The molecule has 0 radical (unpaired) electrons. The zero-order valence-electron chi connectivity index (χ0n) is 20.0. The van der Waals surface area contributed by atoms with Crippen LogP contribution in [0.2, 0.25) is 20.1 Å². The van der Waals surface area contributed by atoms with E-state index in [1.165, 1.54) is 24.3 Å². The Morgan fingerprint density at radius 2 is 1.59 bits per heavy atom. The maximum atomic E-state index is 13.4. The number of carboxylic acids is 1. The summed E-state index contributed by atoms with van der Waals surface area (Å²) in [6.07, 6.45) is 4.06. The molecule has 0 aliphatic carbocycles. The summed E-state index contributed by atoms with van der Waals surface area (Å²) in [5, 5.41) is 11.5. The topological polar surface area (TPSA) is 75.6 Å². The molecule has 2 N–H and O–H groups in total. The largest absolute Gasteiger partial charge is 0.482 e. The molecule has 1 amide bonds. The Bertz CT molecular complexity index is 1360. The lowest BCUT2D eigenvalue weighted by molar-refractivity contribution is -0.135. The fraction of sp³-hybridized carbons (Fsp3) is 0.185. The second-order valence-electron chi connectivity index (χ2n) is 8.63. The summed E-state index contributed by atoms with van der Waals surface area (Å²) in [7, 11) is 0. The molecule has 0 aromatic heterocycles. The van der Waals surface area contributed by atoms with Crippen molar-refractivity contribution in [1.82, 2.24) is 5.32 Å². The monoisotopic (exact) mass is 583 g/mol. The molecule has 1 aliphatic rings. The Morgan fingerprint density at radius 3 is 2.16 bits per heavy atom. The van der Waals surface area contributed by atoms with Crippen LogP contribution in [0.5, 0.6) is 5.75 Å². The van der Waals surface area contributed by atoms with Crippen LogP contribution in [0.1, 0.15) is 35.3 Å². The van der Waals surface area contributed by atoms with Gasteiger partial charge in [-0.05, 0) is 56.7 Å². The van der Waals surface area contributed by atoms with Crippen LogP contribution < -0.4 is 10.1 Å². The van der Waals surface area contributed by atoms with Crippen molar-refractivity contribution in [2.75, 3.05) is 6.54 Å². The number of benzene rings is 3. The van der Waals surface area contributed by atoms with Gasteiger partial charge in [0.25, 0.3) is 5.91 Å². The minimum atomic E-state index is -1.13. The molecular formula is C27H22Cl4FNO4. The van der Waals surface area contributed by atoms with Crippen LogP contribution in [0.25, 0.3) is 17.2 Å². The molecule has 0 saturated carbocycles. The molecule has 3 aromatic carbocycles. The first-order chi connectivity index (χ1) is 17.3. The molecule has 0 fully saturated rings. The van der Waals surface area contributed by atoms with Crippen LogP contribution in [-0.2, 0) is 4.79 Å². The Morgan fingerprint density at radius 1 is 1.00 bits per heavy atom. The zero-order valence-corrected chi connectivity index (χ0v) is 23.0. The molecule has 37 heavy (non-hydrogen) atoms. The number of carbonyl (C=O) groups excluding carboxylic acids is 1. The van der Waals surface area contributed by atoms with Crippen molar-refractivity contribution in [3.05, 3.63) is 91.1 Å². The Balaban J connectivity index is 0.000000222. The summed E-state index contributed by atoms with van der Waals surface area (Å²) in [5.74, 6) is -1.47. The highest BCUT2D eigenvalue weighted by atomic mass is 35.5. The van der Waals surface area contributed by atoms with Crippen molar-refractivity contribution >= 4 is 64.4 Å². The van der Waals surface area contributed by atoms with E-state index in [1.54, 1.807) is 6.07 Å². The number of halogens is 5. The number of fused-ring (bicyclic) bond motifs is 1. The summed E-state index contributed by atoms with van der Waals surface area (Å²) >= 11 is 23.9. The summed E-state index contributed by atoms with van der Waals surface area (Å²) < 4.78 is 19.6. The number of hydrogen-bond donors (Lipinski definition) is 2. The number of carbonyl (C=O) groups is 2. The van der Waals surface area contributed by atoms with Gasteiger partial charge in [-0.3, -0.25) is 9.59 Å². The number of carboxylic acid groups (broad SMARTS) is 1. The second-order valence-corrected chi connectivity index (χ2v) is 10.3. The van der Waals surface area contributed by atoms with E-state index in [9.17, 15) is 14.0 Å². The van der Waals surface area contributed by atoms with Crippen LogP contribution in [-0.4, -0.2) is 29.1 Å². The number of rotatable bonds is 4. The van der Waals surface area contributed by atoms with E-state index in [2.05, 4.69) is 5.32 Å². The molecule has 0 saturated heterocycles. The van der Waals surface area contributed by atoms with E-state index in [0.29, 0.717) is 5.56 Å². The van der Waals surface area contributed by atoms with Crippen molar-refractivity contribution in [3.63, 3.8) is 0 Å². The summed E-state index contributed by atoms with van der Waals surface area (Å²) in [6, 6.07) is 11.0. The molecule has 1 heterocycles. The lowest BCUT2D eigenvalue weighted by Gasteiger charge is -2.30. The normalized spacial score (nSPS) is 13.1. The molecule has 5 nitrogen and oxygen atoms in total. The standard InChI is InChI=1S/C18H15Cl2FO.C9H7Cl2NO3/c1-10-4-5-13(16-14(19)8-11(21)9-15(16)20)17-12(10)6-7-18(2,3)22-17;10-5-2-1-3-6(11)8(5)9(15)12-4-7(13)14/h4-9H,1-3H3;1-3H,4H2,(H,12,15)(H,13,14). The zero-order chi connectivity index (χ0) is 27.5. The Labute approximate surface area is 233 Å². The van der Waals surface area contributed by atoms with Gasteiger partial charge in [-0.25, -0.2) is 4.39 Å². The van der Waals surface area contributed by atoms with E-state index < -0.39 is 29.8 Å². The van der Waals surface area contributed by atoms with E-state index in [-0.39, 0.29) is 25.7 Å². The van der Waals surface area contributed by atoms with Gasteiger partial charge in [-0.1, -0.05) is 70.7 Å². The summed E-state index contributed by atoms with van der Waals surface area (Å²) in [6.45, 7) is 5.50. The number of aliphatic carboxylic acids is 1. The van der Waals surface area contributed by atoms with Crippen LogP contribution in [0.4, 0.5) is 4.39 Å². The first kappa shape index (κ1) is 28.8. The Hall–Kier alpha value is -2.77. The molecule has 0 atom stereocenters. The minimum Gasteiger partial charge on any atom is -0.482 e. The average molecular weight is 585 g/mol. The molecule has 0 spiro atoms. The number of amides is 1. The molecule has 194 valence electrons. The van der Waals surface area contributed by atoms with Gasteiger partial charge < -0.3 is 15.2 Å². The quantitative estimate of drug-likeness (QED) is 0.325. The number of nitrogens with one attached hydrogen (secondary N) is 1. The minimum absolute atomic E-state index is 0.0853. The Kier molecular flexibility index (Phi) is 9.13. The fourth-order valence-corrected chi connectivity index (χ4v) is 4.78. The molecule has 3 aromatic rings. The maximum absolute atomic E-state index is 13.4. The smallest absolute Gasteiger partial charge is 0.322 e. The van der Waals surface area contributed by atoms with E-state index in [0.717, 1.165) is 22.4 Å². The molecule has 1 aliphatic heterocycles. The molecular weight excluding hydrogens is 563 g/mol. The fourth-order valence-electron chi connectivity index (χ4n) is 3.55. The lowest BCUT2D eigenvalue weighted by Crippen LogP contribution is -2.29. The molecule has 0 unspecified atom stereocenters. The van der Waals surface area contributed by atoms with Crippen molar-refractivity contribution in [2.24, 2.45) is 0 Å². The van der Waals surface area contributed by atoms with Crippen molar-refractivity contribution in [1.29, 1.82) is 0 Å². The molecule has 0 bridgehead atoms. The third-order valence-electron chi connectivity index (χ3n) is 5.30. The number of hydrogen-bond acceptors (Lipinski definition) is 3. The third-order valence-corrected chi connectivity index (χ3v) is 6.52. The van der Waals surface area contributed by atoms with Crippen LogP contribution in [0.15, 0.2) is 48.5 Å². The van der Waals surface area contributed by atoms with Crippen LogP contribution in [0.3, 0.4) is 0 Å². The van der Waals surface area contributed by atoms with E-state index >= 15 is 0 Å². The van der Waals surface area contributed by atoms with Gasteiger partial charge in [-0.15, -0.1) is 0 Å². The van der Waals surface area contributed by atoms with Crippen LogP contribution in [0, 0.1) is 12.7 Å². The van der Waals surface area contributed by atoms with Gasteiger partial charge in [0.15, 0.2) is 0 Å². The lowest BCUT2D eigenvalue weighted by atomic mass is 9.93. The van der Waals surface area contributed by atoms with Crippen molar-refractivity contribution in [2.45, 2.75) is 26.4 Å². The first-order valence-electron chi connectivity index (χ1n) is 10.9. The number of aryl methyl sites for hydroxylation is 1. The van der Waals surface area contributed by atoms with Gasteiger partial charge in [0, 0.05) is 16.7 Å². The average Bonchev–Trinajstić information content (AvgIpc) is 2.78. The third kappa shape index (κ3) is 6.96. The second kappa shape index (κ2) is 11.7. The highest BCUT2D eigenvalue weighted by molar-refractivity contribution is 6.40. The summed E-state index contributed by atoms with van der Waals surface area (Å²) in [5.41, 5.74) is 3.12. The predicted molar refractivity (Wildman–Crippen MR) is 147 cm³/mol. The van der Waals surface area contributed by atoms with Gasteiger partial charge >= 0.3 is 5.97 Å².